The number of hydrogen-bond donors (Lipinski definition) is 1. The van der Waals surface area contributed by atoms with Crippen molar-refractivity contribution in [1.29, 1.82) is 0 Å². The van der Waals surface area contributed by atoms with Crippen molar-refractivity contribution >= 4 is 0 Å². The van der Waals surface area contributed by atoms with Gasteiger partial charge in [-0.05, 0) is 38.3 Å². The van der Waals surface area contributed by atoms with Crippen LogP contribution in [0.2, 0.25) is 0 Å². The zero-order valence-corrected chi connectivity index (χ0v) is 13.5. The number of rotatable bonds is 7. The second-order valence-corrected chi connectivity index (χ2v) is 6.59. The van der Waals surface area contributed by atoms with Crippen molar-refractivity contribution in [2.75, 3.05) is 39.3 Å². The van der Waals surface area contributed by atoms with E-state index in [-0.39, 0.29) is 0 Å². The number of furan rings is 1. The van der Waals surface area contributed by atoms with Crippen molar-refractivity contribution in [1.82, 2.24) is 15.1 Å². The molecule has 3 rings (SSSR count). The molecule has 0 spiro atoms. The molecule has 118 valence electrons. The van der Waals surface area contributed by atoms with Gasteiger partial charge in [-0.25, -0.2) is 0 Å². The second-order valence-electron chi connectivity index (χ2n) is 6.59. The van der Waals surface area contributed by atoms with Gasteiger partial charge in [-0.15, -0.1) is 0 Å². The Labute approximate surface area is 128 Å². The lowest BCUT2D eigenvalue weighted by atomic mass is 10.2. The van der Waals surface area contributed by atoms with E-state index in [9.17, 15) is 0 Å². The third kappa shape index (κ3) is 4.31. The fraction of sp³-hybridized carbons (Fsp3) is 0.765. The molecule has 0 unspecified atom stereocenters. The van der Waals surface area contributed by atoms with E-state index in [4.69, 9.17) is 4.42 Å². The predicted molar refractivity (Wildman–Crippen MR) is 85.3 cm³/mol. The molecule has 0 aromatic carbocycles. The van der Waals surface area contributed by atoms with E-state index in [2.05, 4.69) is 35.0 Å². The van der Waals surface area contributed by atoms with Crippen molar-refractivity contribution in [3.8, 4) is 0 Å². The Morgan fingerprint density at radius 3 is 2.57 bits per heavy atom. The molecule has 21 heavy (non-hydrogen) atoms. The highest BCUT2D eigenvalue weighted by Gasteiger charge is 2.26. The second kappa shape index (κ2) is 6.95. The summed E-state index contributed by atoms with van der Waals surface area (Å²) in [5, 5.41) is 3.32. The molecule has 1 saturated carbocycles. The molecule has 4 nitrogen and oxygen atoms in total. The molecular weight excluding hydrogens is 262 g/mol. The van der Waals surface area contributed by atoms with Crippen molar-refractivity contribution in [3.05, 3.63) is 23.2 Å². The van der Waals surface area contributed by atoms with Crippen molar-refractivity contribution in [2.45, 2.75) is 39.8 Å². The van der Waals surface area contributed by atoms with Gasteiger partial charge in [0, 0.05) is 44.8 Å². The predicted octanol–water partition coefficient (Wildman–Crippen LogP) is 2.23. The quantitative estimate of drug-likeness (QED) is 0.835. The minimum absolute atomic E-state index is 0.840. The van der Waals surface area contributed by atoms with Crippen LogP contribution in [-0.2, 0) is 13.1 Å². The SMILES string of the molecule is CCNCc1cc(CN2CCN(CC3CC3)CC2)c(C)o1. The van der Waals surface area contributed by atoms with Gasteiger partial charge in [0.25, 0.3) is 0 Å². The minimum Gasteiger partial charge on any atom is -0.465 e. The van der Waals surface area contributed by atoms with Crippen LogP contribution < -0.4 is 5.32 Å². The summed E-state index contributed by atoms with van der Waals surface area (Å²) in [6, 6.07) is 2.23. The summed E-state index contributed by atoms with van der Waals surface area (Å²) in [7, 11) is 0. The topological polar surface area (TPSA) is 31.6 Å². The summed E-state index contributed by atoms with van der Waals surface area (Å²) in [6.07, 6.45) is 2.92. The number of piperazine rings is 1. The van der Waals surface area contributed by atoms with E-state index in [0.29, 0.717) is 0 Å². The van der Waals surface area contributed by atoms with E-state index in [1.807, 2.05) is 0 Å². The highest BCUT2D eigenvalue weighted by Crippen LogP contribution is 2.30. The van der Waals surface area contributed by atoms with Crippen LogP contribution in [-0.4, -0.2) is 49.1 Å². The molecule has 2 fully saturated rings. The maximum absolute atomic E-state index is 5.84. The van der Waals surface area contributed by atoms with Gasteiger partial charge < -0.3 is 14.6 Å². The highest BCUT2D eigenvalue weighted by atomic mass is 16.3. The number of nitrogens with one attached hydrogen (secondary N) is 1. The lowest BCUT2D eigenvalue weighted by Crippen LogP contribution is -2.46. The minimum atomic E-state index is 0.840. The summed E-state index contributed by atoms with van der Waals surface area (Å²) in [6.45, 7) is 13.3. The third-order valence-electron chi connectivity index (χ3n) is 4.69. The van der Waals surface area contributed by atoms with Crippen LogP contribution in [0.15, 0.2) is 10.5 Å². The first-order chi connectivity index (χ1) is 10.2. The molecule has 1 aliphatic heterocycles. The van der Waals surface area contributed by atoms with Gasteiger partial charge in [-0.3, -0.25) is 4.90 Å². The van der Waals surface area contributed by atoms with Crippen LogP contribution in [0.3, 0.4) is 0 Å². The smallest absolute Gasteiger partial charge is 0.118 e. The van der Waals surface area contributed by atoms with E-state index in [1.165, 1.54) is 51.1 Å². The van der Waals surface area contributed by atoms with Gasteiger partial charge in [0.15, 0.2) is 0 Å². The largest absolute Gasteiger partial charge is 0.465 e. The fourth-order valence-electron chi connectivity index (χ4n) is 3.12. The monoisotopic (exact) mass is 291 g/mol. The molecule has 2 aliphatic rings. The molecule has 1 saturated heterocycles. The average molecular weight is 291 g/mol. The number of aryl methyl sites for hydroxylation is 1. The van der Waals surface area contributed by atoms with Crippen LogP contribution in [0.5, 0.6) is 0 Å². The number of nitrogens with zero attached hydrogens (tertiary/aromatic N) is 2. The molecule has 2 heterocycles. The average Bonchev–Trinajstić information content (AvgIpc) is 3.23. The van der Waals surface area contributed by atoms with Crippen LogP contribution >= 0.6 is 0 Å². The van der Waals surface area contributed by atoms with E-state index in [1.54, 1.807) is 0 Å². The zero-order chi connectivity index (χ0) is 14.7. The van der Waals surface area contributed by atoms with Crippen molar-refractivity contribution in [3.63, 3.8) is 0 Å². The molecule has 1 aromatic heterocycles. The Kier molecular flexibility index (Phi) is 4.99. The molecule has 0 bridgehead atoms. The van der Waals surface area contributed by atoms with Gasteiger partial charge in [0.05, 0.1) is 6.54 Å². The van der Waals surface area contributed by atoms with Gasteiger partial charge in [0.1, 0.15) is 11.5 Å². The maximum atomic E-state index is 5.84. The van der Waals surface area contributed by atoms with E-state index >= 15 is 0 Å². The molecule has 1 aromatic rings. The normalized spacial score (nSPS) is 21.0. The van der Waals surface area contributed by atoms with E-state index < -0.39 is 0 Å². The van der Waals surface area contributed by atoms with E-state index in [0.717, 1.165) is 37.1 Å². The van der Waals surface area contributed by atoms with Crippen molar-refractivity contribution in [2.24, 2.45) is 5.92 Å². The number of hydrogen-bond acceptors (Lipinski definition) is 4. The van der Waals surface area contributed by atoms with Crippen LogP contribution in [0.4, 0.5) is 0 Å². The first-order valence-corrected chi connectivity index (χ1v) is 8.48. The zero-order valence-electron chi connectivity index (χ0n) is 13.5. The van der Waals surface area contributed by atoms with Crippen LogP contribution in [0, 0.1) is 12.8 Å². The molecule has 0 radical (unpaired) electrons. The first kappa shape index (κ1) is 15.1. The summed E-state index contributed by atoms with van der Waals surface area (Å²) in [5.74, 6) is 3.17. The Morgan fingerprint density at radius 2 is 1.90 bits per heavy atom. The van der Waals surface area contributed by atoms with Crippen LogP contribution in [0.1, 0.15) is 36.8 Å². The molecule has 0 amide bonds. The fourth-order valence-corrected chi connectivity index (χ4v) is 3.12. The Morgan fingerprint density at radius 1 is 1.19 bits per heavy atom. The standard InChI is InChI=1S/C17H29N3O/c1-3-18-11-17-10-16(14(2)21-17)13-20-8-6-19(7-9-20)12-15-4-5-15/h10,15,18H,3-9,11-13H2,1-2H3. The lowest BCUT2D eigenvalue weighted by Gasteiger charge is -2.34. The summed E-state index contributed by atoms with van der Waals surface area (Å²) < 4.78 is 5.84. The van der Waals surface area contributed by atoms with Gasteiger partial charge >= 0.3 is 0 Å². The Balaban J connectivity index is 1.46. The molecule has 1 aliphatic carbocycles. The molecule has 1 N–H and O–H groups in total. The first-order valence-electron chi connectivity index (χ1n) is 8.48. The lowest BCUT2D eigenvalue weighted by molar-refractivity contribution is 0.123. The Hall–Kier alpha value is -0.840. The molecule has 4 heteroatoms. The molecule has 0 atom stereocenters. The Bertz CT molecular complexity index is 445. The summed E-state index contributed by atoms with van der Waals surface area (Å²) in [4.78, 5) is 5.21. The van der Waals surface area contributed by atoms with Gasteiger partial charge in [-0.2, -0.15) is 0 Å². The summed E-state index contributed by atoms with van der Waals surface area (Å²) in [5.41, 5.74) is 1.36. The maximum Gasteiger partial charge on any atom is 0.118 e. The highest BCUT2D eigenvalue weighted by molar-refractivity contribution is 5.20. The molecular formula is C17H29N3O. The summed E-state index contributed by atoms with van der Waals surface area (Å²) >= 11 is 0. The van der Waals surface area contributed by atoms with Gasteiger partial charge in [0.2, 0.25) is 0 Å². The van der Waals surface area contributed by atoms with Crippen LogP contribution in [0.25, 0.3) is 0 Å². The van der Waals surface area contributed by atoms with Crippen molar-refractivity contribution < 1.29 is 4.42 Å². The third-order valence-corrected chi connectivity index (χ3v) is 4.69. The van der Waals surface area contributed by atoms with Gasteiger partial charge in [-0.1, -0.05) is 6.92 Å².